The minimum atomic E-state index is -0.480. The van der Waals surface area contributed by atoms with E-state index in [4.69, 9.17) is 11.6 Å². The number of hydrogen-bond acceptors (Lipinski definition) is 3. The van der Waals surface area contributed by atoms with Gasteiger partial charge in [-0.1, -0.05) is 6.07 Å². The summed E-state index contributed by atoms with van der Waals surface area (Å²) in [6.07, 6.45) is 0.184. The van der Waals surface area contributed by atoms with E-state index in [-0.39, 0.29) is 23.9 Å². The first-order chi connectivity index (χ1) is 7.56. The van der Waals surface area contributed by atoms with Crippen molar-refractivity contribution < 1.29 is 9.72 Å². The third-order valence-corrected chi connectivity index (χ3v) is 2.29. The Bertz CT molecular complexity index is 421. The Morgan fingerprint density at radius 3 is 2.81 bits per heavy atom. The van der Waals surface area contributed by atoms with Crippen LogP contribution >= 0.6 is 11.6 Å². The minimum Gasteiger partial charge on any atom is -0.326 e. The van der Waals surface area contributed by atoms with Crippen LogP contribution in [0.2, 0.25) is 0 Å². The van der Waals surface area contributed by atoms with Crippen molar-refractivity contribution in [3.05, 3.63) is 33.9 Å². The van der Waals surface area contributed by atoms with Crippen molar-refractivity contribution in [1.82, 2.24) is 0 Å². The Balaban J connectivity index is 2.93. The Hall–Kier alpha value is -1.62. The summed E-state index contributed by atoms with van der Waals surface area (Å²) in [5, 5.41) is 13.2. The number of anilines is 1. The number of alkyl halides is 1. The number of carbonyl (C=O) groups is 1. The minimum absolute atomic E-state index is 0.0105. The average Bonchev–Trinajstić information content (AvgIpc) is 2.21. The number of nitrogens with zero attached hydrogens (tertiary/aromatic N) is 1. The molecule has 0 aromatic heterocycles. The molecule has 0 aliphatic heterocycles. The topological polar surface area (TPSA) is 72.2 Å². The second-order valence-corrected chi connectivity index (χ2v) is 3.57. The Morgan fingerprint density at radius 2 is 2.25 bits per heavy atom. The van der Waals surface area contributed by atoms with Gasteiger partial charge in [-0.3, -0.25) is 14.9 Å². The molecule has 1 aromatic rings. The van der Waals surface area contributed by atoms with Crippen LogP contribution in [0, 0.1) is 17.0 Å². The zero-order valence-corrected chi connectivity index (χ0v) is 9.45. The summed E-state index contributed by atoms with van der Waals surface area (Å²) >= 11 is 5.42. The summed E-state index contributed by atoms with van der Waals surface area (Å²) in [5.41, 5.74) is 0.878. The first kappa shape index (κ1) is 12.4. The van der Waals surface area contributed by atoms with Crippen molar-refractivity contribution >= 4 is 28.9 Å². The Morgan fingerprint density at radius 1 is 1.56 bits per heavy atom. The number of nitro groups is 1. The van der Waals surface area contributed by atoms with Gasteiger partial charge in [0, 0.05) is 18.4 Å². The fourth-order valence-electron chi connectivity index (χ4n) is 1.26. The molecule has 0 heterocycles. The normalized spacial score (nSPS) is 9.88. The van der Waals surface area contributed by atoms with Crippen molar-refractivity contribution in [2.24, 2.45) is 0 Å². The van der Waals surface area contributed by atoms with Crippen LogP contribution in [-0.4, -0.2) is 16.7 Å². The molecular weight excluding hydrogens is 232 g/mol. The molecule has 1 N–H and O–H groups in total. The zero-order valence-electron chi connectivity index (χ0n) is 8.70. The van der Waals surface area contributed by atoms with Gasteiger partial charge in [-0.15, -0.1) is 11.6 Å². The quantitative estimate of drug-likeness (QED) is 0.501. The summed E-state index contributed by atoms with van der Waals surface area (Å²) in [5.74, 6) is -0.0293. The number of nitro benzene ring substituents is 1. The molecule has 86 valence electrons. The highest BCUT2D eigenvalue weighted by Gasteiger charge is 2.14. The third kappa shape index (κ3) is 2.93. The van der Waals surface area contributed by atoms with Crippen LogP contribution < -0.4 is 5.32 Å². The summed E-state index contributed by atoms with van der Waals surface area (Å²) in [4.78, 5) is 21.5. The summed E-state index contributed by atoms with van der Waals surface area (Å²) < 4.78 is 0. The van der Waals surface area contributed by atoms with Crippen LogP contribution in [0.4, 0.5) is 11.4 Å². The van der Waals surface area contributed by atoms with Gasteiger partial charge in [0.05, 0.1) is 16.2 Å². The highest BCUT2D eigenvalue weighted by atomic mass is 35.5. The van der Waals surface area contributed by atoms with E-state index in [2.05, 4.69) is 5.32 Å². The van der Waals surface area contributed by atoms with Crippen LogP contribution in [0.15, 0.2) is 18.2 Å². The zero-order chi connectivity index (χ0) is 12.1. The first-order valence-corrected chi connectivity index (χ1v) is 5.19. The molecule has 0 bridgehead atoms. The predicted molar refractivity (Wildman–Crippen MR) is 61.8 cm³/mol. The largest absolute Gasteiger partial charge is 0.326 e. The third-order valence-electron chi connectivity index (χ3n) is 2.10. The van der Waals surface area contributed by atoms with Crippen LogP contribution in [0.25, 0.3) is 0 Å². The molecule has 1 aromatic carbocycles. The Labute approximate surface area is 97.6 Å². The van der Waals surface area contributed by atoms with E-state index in [0.717, 1.165) is 0 Å². The van der Waals surface area contributed by atoms with Crippen molar-refractivity contribution in [2.75, 3.05) is 11.2 Å². The number of halogens is 1. The van der Waals surface area contributed by atoms with Crippen LogP contribution in [0.5, 0.6) is 0 Å². The second-order valence-electron chi connectivity index (χ2n) is 3.19. The van der Waals surface area contributed by atoms with Crippen LogP contribution in [0.1, 0.15) is 12.0 Å². The van der Waals surface area contributed by atoms with Gasteiger partial charge in [-0.2, -0.15) is 0 Å². The van der Waals surface area contributed by atoms with Gasteiger partial charge in [0.25, 0.3) is 5.69 Å². The second kappa shape index (κ2) is 5.46. The lowest BCUT2D eigenvalue weighted by atomic mass is 10.1. The average molecular weight is 243 g/mol. The molecule has 6 heteroatoms. The van der Waals surface area contributed by atoms with E-state index in [1.165, 1.54) is 12.1 Å². The highest BCUT2D eigenvalue weighted by Crippen LogP contribution is 2.24. The maximum Gasteiger partial charge on any atom is 0.274 e. The molecule has 0 aliphatic rings. The highest BCUT2D eigenvalue weighted by molar-refractivity contribution is 6.19. The van der Waals surface area contributed by atoms with E-state index >= 15 is 0 Å². The molecule has 0 spiro atoms. The molecule has 1 amide bonds. The smallest absolute Gasteiger partial charge is 0.274 e. The molecule has 5 nitrogen and oxygen atoms in total. The lowest BCUT2D eigenvalue weighted by Crippen LogP contribution is -2.13. The monoisotopic (exact) mass is 242 g/mol. The lowest BCUT2D eigenvalue weighted by Gasteiger charge is -2.07. The molecule has 0 radical (unpaired) electrons. The lowest BCUT2D eigenvalue weighted by molar-refractivity contribution is -0.385. The van der Waals surface area contributed by atoms with Gasteiger partial charge in [0.1, 0.15) is 0 Å². The van der Waals surface area contributed by atoms with E-state index in [1.54, 1.807) is 13.0 Å². The number of nitrogens with one attached hydrogen (secondary N) is 1. The fourth-order valence-corrected chi connectivity index (χ4v) is 1.43. The molecule has 0 saturated heterocycles. The summed E-state index contributed by atoms with van der Waals surface area (Å²) in [6, 6.07) is 4.54. The SMILES string of the molecule is Cc1c(NC(=O)CCCl)cccc1[N+](=O)[O-]. The van der Waals surface area contributed by atoms with E-state index in [1.807, 2.05) is 0 Å². The van der Waals surface area contributed by atoms with Gasteiger partial charge in [0.2, 0.25) is 5.91 Å². The molecule has 0 atom stereocenters. The van der Waals surface area contributed by atoms with E-state index in [0.29, 0.717) is 11.3 Å². The van der Waals surface area contributed by atoms with Crippen molar-refractivity contribution in [2.45, 2.75) is 13.3 Å². The summed E-state index contributed by atoms with van der Waals surface area (Å²) in [7, 11) is 0. The van der Waals surface area contributed by atoms with Gasteiger partial charge in [-0.05, 0) is 13.0 Å². The van der Waals surface area contributed by atoms with Crippen molar-refractivity contribution in [3.63, 3.8) is 0 Å². The van der Waals surface area contributed by atoms with E-state index in [9.17, 15) is 14.9 Å². The van der Waals surface area contributed by atoms with Gasteiger partial charge in [-0.25, -0.2) is 0 Å². The Kier molecular flexibility index (Phi) is 4.25. The standard InChI is InChI=1S/C10H11ClN2O3/c1-7-8(12-10(14)5-6-11)3-2-4-9(7)13(15)16/h2-4H,5-6H2,1H3,(H,12,14). The molecule has 0 fully saturated rings. The fraction of sp³-hybridized carbons (Fsp3) is 0.300. The number of amides is 1. The number of rotatable bonds is 4. The number of hydrogen-bond donors (Lipinski definition) is 1. The molecule has 1 rings (SSSR count). The molecular formula is C10H11ClN2O3. The van der Waals surface area contributed by atoms with Gasteiger partial charge in [0.15, 0.2) is 0 Å². The van der Waals surface area contributed by atoms with Crippen LogP contribution in [-0.2, 0) is 4.79 Å². The molecule has 0 unspecified atom stereocenters. The first-order valence-electron chi connectivity index (χ1n) is 4.66. The molecule has 16 heavy (non-hydrogen) atoms. The predicted octanol–water partition coefficient (Wildman–Crippen LogP) is 2.47. The van der Waals surface area contributed by atoms with Gasteiger partial charge >= 0.3 is 0 Å². The van der Waals surface area contributed by atoms with Crippen molar-refractivity contribution in [3.8, 4) is 0 Å². The maximum absolute atomic E-state index is 11.3. The van der Waals surface area contributed by atoms with Gasteiger partial charge < -0.3 is 5.32 Å². The molecule has 0 saturated carbocycles. The number of carbonyl (C=O) groups excluding carboxylic acids is 1. The number of benzene rings is 1. The molecule has 0 aliphatic carbocycles. The van der Waals surface area contributed by atoms with Crippen molar-refractivity contribution in [1.29, 1.82) is 0 Å². The van der Waals surface area contributed by atoms with E-state index < -0.39 is 4.92 Å². The summed E-state index contributed by atoms with van der Waals surface area (Å²) in [6.45, 7) is 1.59. The van der Waals surface area contributed by atoms with Crippen LogP contribution in [0.3, 0.4) is 0 Å². The maximum atomic E-state index is 11.3.